The SMILES string of the molecule is CC(COc1ccc(C(=O)O)cc1)CN1CCCC1. The standard InChI is InChI=1S/C15H21NO3/c1-12(10-16-8-2-3-9-16)11-19-14-6-4-13(5-7-14)15(17)18/h4-7,12H,2-3,8-11H2,1H3,(H,17,18). The van der Waals surface area contributed by atoms with Crippen molar-refractivity contribution in [2.24, 2.45) is 5.92 Å². The molecule has 0 radical (unpaired) electrons. The molecule has 1 aliphatic heterocycles. The highest BCUT2D eigenvalue weighted by molar-refractivity contribution is 5.87. The third kappa shape index (κ3) is 4.24. The molecule has 0 amide bonds. The molecule has 1 aromatic carbocycles. The van der Waals surface area contributed by atoms with Crippen LogP contribution < -0.4 is 4.74 Å². The van der Waals surface area contributed by atoms with Gasteiger partial charge in [-0.25, -0.2) is 4.79 Å². The van der Waals surface area contributed by atoms with Crippen LogP contribution in [0.3, 0.4) is 0 Å². The van der Waals surface area contributed by atoms with Crippen LogP contribution in [0, 0.1) is 5.92 Å². The Labute approximate surface area is 114 Å². The highest BCUT2D eigenvalue weighted by Gasteiger charge is 2.15. The number of carboxylic acid groups (broad SMARTS) is 1. The lowest BCUT2D eigenvalue weighted by Gasteiger charge is -2.20. The van der Waals surface area contributed by atoms with Gasteiger partial charge < -0.3 is 14.7 Å². The Morgan fingerprint density at radius 3 is 2.53 bits per heavy atom. The van der Waals surface area contributed by atoms with E-state index in [9.17, 15) is 4.79 Å². The first-order valence-electron chi connectivity index (χ1n) is 6.83. The minimum absolute atomic E-state index is 0.289. The number of aromatic carboxylic acids is 1. The third-order valence-corrected chi connectivity index (χ3v) is 3.40. The maximum absolute atomic E-state index is 10.7. The van der Waals surface area contributed by atoms with Gasteiger partial charge in [-0.15, -0.1) is 0 Å². The first-order valence-corrected chi connectivity index (χ1v) is 6.83. The Hall–Kier alpha value is -1.55. The smallest absolute Gasteiger partial charge is 0.335 e. The normalized spacial score (nSPS) is 17.3. The lowest BCUT2D eigenvalue weighted by atomic mass is 10.2. The summed E-state index contributed by atoms with van der Waals surface area (Å²) in [5.41, 5.74) is 0.289. The van der Waals surface area contributed by atoms with Crippen molar-refractivity contribution >= 4 is 5.97 Å². The summed E-state index contributed by atoms with van der Waals surface area (Å²) < 4.78 is 5.69. The molecule has 2 rings (SSSR count). The van der Waals surface area contributed by atoms with Crippen LogP contribution in [-0.2, 0) is 0 Å². The molecule has 1 heterocycles. The molecule has 1 unspecified atom stereocenters. The van der Waals surface area contributed by atoms with Crippen LogP contribution in [0.25, 0.3) is 0 Å². The van der Waals surface area contributed by atoms with Crippen LogP contribution in [0.5, 0.6) is 5.75 Å². The minimum atomic E-state index is -0.908. The summed E-state index contributed by atoms with van der Waals surface area (Å²) in [6, 6.07) is 6.57. The molecular formula is C15H21NO3. The fourth-order valence-corrected chi connectivity index (χ4v) is 2.39. The van der Waals surface area contributed by atoms with Gasteiger partial charge in [0.2, 0.25) is 0 Å². The Kier molecular flexibility index (Phi) is 4.80. The van der Waals surface area contributed by atoms with Crippen LogP contribution in [0.2, 0.25) is 0 Å². The highest BCUT2D eigenvalue weighted by Crippen LogP contribution is 2.15. The van der Waals surface area contributed by atoms with E-state index in [0.29, 0.717) is 12.5 Å². The van der Waals surface area contributed by atoms with Gasteiger partial charge >= 0.3 is 5.97 Å². The van der Waals surface area contributed by atoms with Crippen molar-refractivity contribution in [1.29, 1.82) is 0 Å². The van der Waals surface area contributed by atoms with Crippen molar-refractivity contribution < 1.29 is 14.6 Å². The zero-order valence-corrected chi connectivity index (χ0v) is 11.3. The molecule has 1 fully saturated rings. The quantitative estimate of drug-likeness (QED) is 0.856. The van der Waals surface area contributed by atoms with Crippen molar-refractivity contribution in [1.82, 2.24) is 4.90 Å². The molecule has 0 saturated carbocycles. The van der Waals surface area contributed by atoms with Gasteiger partial charge in [0, 0.05) is 12.5 Å². The van der Waals surface area contributed by atoms with E-state index < -0.39 is 5.97 Å². The Morgan fingerprint density at radius 1 is 1.32 bits per heavy atom. The molecule has 0 aliphatic carbocycles. The summed E-state index contributed by atoms with van der Waals surface area (Å²) in [6.07, 6.45) is 2.62. The van der Waals surface area contributed by atoms with Crippen molar-refractivity contribution in [2.45, 2.75) is 19.8 Å². The van der Waals surface area contributed by atoms with E-state index in [1.807, 2.05) is 0 Å². The molecule has 19 heavy (non-hydrogen) atoms. The maximum atomic E-state index is 10.7. The second-order valence-corrected chi connectivity index (χ2v) is 5.25. The van der Waals surface area contributed by atoms with Crippen LogP contribution in [0.4, 0.5) is 0 Å². The zero-order valence-electron chi connectivity index (χ0n) is 11.3. The average molecular weight is 263 g/mol. The van der Waals surface area contributed by atoms with Crippen LogP contribution >= 0.6 is 0 Å². The van der Waals surface area contributed by atoms with Gasteiger partial charge in [-0.05, 0) is 50.2 Å². The van der Waals surface area contributed by atoms with E-state index >= 15 is 0 Å². The number of carbonyl (C=O) groups is 1. The number of benzene rings is 1. The van der Waals surface area contributed by atoms with E-state index in [-0.39, 0.29) is 5.56 Å². The number of hydrogen-bond acceptors (Lipinski definition) is 3. The Balaban J connectivity index is 1.76. The van der Waals surface area contributed by atoms with Gasteiger partial charge in [0.25, 0.3) is 0 Å². The number of hydrogen-bond donors (Lipinski definition) is 1. The Morgan fingerprint density at radius 2 is 1.95 bits per heavy atom. The molecule has 1 atom stereocenters. The molecule has 1 aliphatic rings. The molecule has 1 saturated heterocycles. The molecule has 4 nitrogen and oxygen atoms in total. The van der Waals surface area contributed by atoms with E-state index in [0.717, 1.165) is 12.3 Å². The second kappa shape index (κ2) is 6.57. The molecule has 104 valence electrons. The summed E-state index contributed by atoms with van der Waals surface area (Å²) in [6.45, 7) is 6.34. The van der Waals surface area contributed by atoms with Gasteiger partial charge in [0.05, 0.1) is 12.2 Å². The summed E-state index contributed by atoms with van der Waals surface area (Å²) in [5, 5.41) is 8.81. The molecule has 1 aromatic rings. The lowest BCUT2D eigenvalue weighted by Crippen LogP contribution is -2.28. The number of carboxylic acids is 1. The number of likely N-dealkylation sites (tertiary alicyclic amines) is 1. The van der Waals surface area contributed by atoms with E-state index in [1.165, 1.54) is 25.9 Å². The van der Waals surface area contributed by atoms with Crippen LogP contribution in [-0.4, -0.2) is 42.2 Å². The summed E-state index contributed by atoms with van der Waals surface area (Å²) in [4.78, 5) is 13.2. The summed E-state index contributed by atoms with van der Waals surface area (Å²) >= 11 is 0. The third-order valence-electron chi connectivity index (χ3n) is 3.40. The second-order valence-electron chi connectivity index (χ2n) is 5.25. The lowest BCUT2D eigenvalue weighted by molar-refractivity contribution is 0.0697. The van der Waals surface area contributed by atoms with Crippen molar-refractivity contribution in [3.05, 3.63) is 29.8 Å². The molecular weight excluding hydrogens is 242 g/mol. The topological polar surface area (TPSA) is 49.8 Å². The number of ether oxygens (including phenoxy) is 1. The van der Waals surface area contributed by atoms with Gasteiger partial charge in [-0.2, -0.15) is 0 Å². The first-order chi connectivity index (χ1) is 9.15. The van der Waals surface area contributed by atoms with Crippen molar-refractivity contribution in [2.75, 3.05) is 26.2 Å². The summed E-state index contributed by atoms with van der Waals surface area (Å²) in [5.74, 6) is 0.310. The van der Waals surface area contributed by atoms with E-state index in [4.69, 9.17) is 9.84 Å². The maximum Gasteiger partial charge on any atom is 0.335 e. The molecule has 4 heteroatoms. The molecule has 1 N–H and O–H groups in total. The van der Waals surface area contributed by atoms with Gasteiger partial charge in [-0.3, -0.25) is 0 Å². The zero-order chi connectivity index (χ0) is 13.7. The molecule has 0 aromatic heterocycles. The van der Waals surface area contributed by atoms with Gasteiger partial charge in [-0.1, -0.05) is 6.92 Å². The highest BCUT2D eigenvalue weighted by atomic mass is 16.5. The van der Waals surface area contributed by atoms with E-state index in [2.05, 4.69) is 11.8 Å². The van der Waals surface area contributed by atoms with Crippen LogP contribution in [0.15, 0.2) is 24.3 Å². The average Bonchev–Trinajstić information content (AvgIpc) is 2.89. The van der Waals surface area contributed by atoms with Crippen molar-refractivity contribution in [3.8, 4) is 5.75 Å². The fourth-order valence-electron chi connectivity index (χ4n) is 2.39. The molecule has 0 bridgehead atoms. The largest absolute Gasteiger partial charge is 0.493 e. The predicted molar refractivity (Wildman–Crippen MR) is 73.7 cm³/mol. The van der Waals surface area contributed by atoms with E-state index in [1.54, 1.807) is 24.3 Å². The molecule has 0 spiro atoms. The van der Waals surface area contributed by atoms with Crippen LogP contribution in [0.1, 0.15) is 30.1 Å². The van der Waals surface area contributed by atoms with Crippen molar-refractivity contribution in [3.63, 3.8) is 0 Å². The van der Waals surface area contributed by atoms with Gasteiger partial charge in [0.15, 0.2) is 0 Å². The predicted octanol–water partition coefficient (Wildman–Crippen LogP) is 2.50. The number of nitrogens with zero attached hydrogens (tertiary/aromatic N) is 1. The fraction of sp³-hybridized carbons (Fsp3) is 0.533. The Bertz CT molecular complexity index is 410. The van der Waals surface area contributed by atoms with Gasteiger partial charge in [0.1, 0.15) is 5.75 Å². The summed E-state index contributed by atoms with van der Waals surface area (Å²) in [7, 11) is 0. The minimum Gasteiger partial charge on any atom is -0.493 e. The number of rotatable bonds is 6. The monoisotopic (exact) mass is 263 g/mol. The first kappa shape index (κ1) is 13.9.